The van der Waals surface area contributed by atoms with Crippen LogP contribution in [0, 0.1) is 6.92 Å². The van der Waals surface area contributed by atoms with Crippen LogP contribution in [0.5, 0.6) is 0 Å². The fraction of sp³-hybridized carbons (Fsp3) is 0.188. The van der Waals surface area contributed by atoms with Crippen molar-refractivity contribution in [3.05, 3.63) is 46.6 Å². The van der Waals surface area contributed by atoms with E-state index in [9.17, 15) is 9.59 Å². The fourth-order valence-electron chi connectivity index (χ4n) is 2.42. The van der Waals surface area contributed by atoms with Gasteiger partial charge < -0.3 is 15.4 Å². The van der Waals surface area contributed by atoms with Gasteiger partial charge in [0.05, 0.1) is 5.69 Å². The predicted molar refractivity (Wildman–Crippen MR) is 89.1 cm³/mol. The number of aryl methyl sites for hydroxylation is 2. The Bertz CT molecular complexity index is 882. The summed E-state index contributed by atoms with van der Waals surface area (Å²) in [6, 6.07) is 7.93. The second kappa shape index (κ2) is 6.21. The number of carboxylic acid groups (broad SMARTS) is 1. The number of carbonyl (C=O) groups is 2. The monoisotopic (exact) mass is 329 g/mol. The lowest BCUT2D eigenvalue weighted by atomic mass is 10.1. The van der Waals surface area contributed by atoms with Gasteiger partial charge in [-0.25, -0.2) is 9.78 Å². The average Bonchev–Trinajstić information content (AvgIpc) is 3.09. The molecule has 0 aliphatic carbocycles. The SMILES string of the molecule is Cc1nc(NC(=O)CCc2c[nH]c3ccccc23)sc1C(=O)O. The van der Waals surface area contributed by atoms with Crippen molar-refractivity contribution in [2.24, 2.45) is 0 Å². The van der Waals surface area contributed by atoms with Gasteiger partial charge in [0.25, 0.3) is 0 Å². The van der Waals surface area contributed by atoms with E-state index in [-0.39, 0.29) is 10.8 Å². The first-order valence-electron chi connectivity index (χ1n) is 7.10. The minimum atomic E-state index is -1.03. The Labute approximate surface area is 136 Å². The highest BCUT2D eigenvalue weighted by molar-refractivity contribution is 7.17. The largest absolute Gasteiger partial charge is 0.477 e. The number of para-hydroxylation sites is 1. The molecule has 0 aliphatic heterocycles. The van der Waals surface area contributed by atoms with Gasteiger partial charge in [0, 0.05) is 23.5 Å². The normalized spacial score (nSPS) is 10.8. The van der Waals surface area contributed by atoms with Gasteiger partial charge >= 0.3 is 5.97 Å². The number of aromatic amines is 1. The Balaban J connectivity index is 1.64. The molecule has 0 fully saturated rings. The zero-order valence-corrected chi connectivity index (χ0v) is 13.2. The molecule has 1 amide bonds. The third kappa shape index (κ3) is 3.24. The number of H-pyrrole nitrogens is 1. The second-order valence-electron chi connectivity index (χ2n) is 5.15. The zero-order valence-electron chi connectivity index (χ0n) is 12.4. The molecule has 118 valence electrons. The molecular weight excluding hydrogens is 314 g/mol. The lowest BCUT2D eigenvalue weighted by molar-refractivity contribution is -0.116. The molecule has 1 aromatic carbocycles. The number of thiazole rings is 1. The predicted octanol–water partition coefficient (Wildman–Crippen LogP) is 3.20. The van der Waals surface area contributed by atoms with Crippen molar-refractivity contribution in [3.63, 3.8) is 0 Å². The summed E-state index contributed by atoms with van der Waals surface area (Å²) in [7, 11) is 0. The van der Waals surface area contributed by atoms with Crippen LogP contribution in [0.4, 0.5) is 5.13 Å². The van der Waals surface area contributed by atoms with Gasteiger partial charge in [0.1, 0.15) is 4.88 Å². The standard InChI is InChI=1S/C16H15N3O3S/c1-9-14(15(21)22)23-16(18-9)19-13(20)7-6-10-8-17-12-5-3-2-4-11(10)12/h2-5,8,17H,6-7H2,1H3,(H,21,22)(H,18,19,20). The first kappa shape index (κ1) is 15.2. The number of fused-ring (bicyclic) bond motifs is 1. The summed E-state index contributed by atoms with van der Waals surface area (Å²) in [5.74, 6) is -1.21. The number of hydrogen-bond acceptors (Lipinski definition) is 4. The number of amides is 1. The van der Waals surface area contributed by atoms with E-state index in [1.165, 1.54) is 0 Å². The summed E-state index contributed by atoms with van der Waals surface area (Å²) in [5.41, 5.74) is 2.54. The van der Waals surface area contributed by atoms with Crippen molar-refractivity contribution in [2.75, 3.05) is 5.32 Å². The van der Waals surface area contributed by atoms with Crippen LogP contribution in [0.3, 0.4) is 0 Å². The number of aromatic nitrogens is 2. The maximum Gasteiger partial charge on any atom is 0.347 e. The fourth-order valence-corrected chi connectivity index (χ4v) is 3.24. The highest BCUT2D eigenvalue weighted by Crippen LogP contribution is 2.23. The highest BCUT2D eigenvalue weighted by atomic mass is 32.1. The number of carbonyl (C=O) groups excluding carboxylic acids is 1. The van der Waals surface area contributed by atoms with Crippen LogP contribution < -0.4 is 5.32 Å². The van der Waals surface area contributed by atoms with Crippen LogP contribution in [0.25, 0.3) is 10.9 Å². The lowest BCUT2D eigenvalue weighted by Gasteiger charge is -2.01. The van der Waals surface area contributed by atoms with E-state index in [0.717, 1.165) is 27.8 Å². The topological polar surface area (TPSA) is 95.1 Å². The van der Waals surface area contributed by atoms with Gasteiger partial charge in [0.15, 0.2) is 5.13 Å². The molecule has 3 aromatic rings. The van der Waals surface area contributed by atoms with E-state index >= 15 is 0 Å². The average molecular weight is 329 g/mol. The molecule has 0 radical (unpaired) electrons. The third-order valence-corrected chi connectivity index (χ3v) is 4.59. The number of carboxylic acids is 1. The highest BCUT2D eigenvalue weighted by Gasteiger charge is 2.15. The number of rotatable bonds is 5. The molecule has 2 heterocycles. The molecule has 0 atom stereocenters. The molecular formula is C16H15N3O3S. The van der Waals surface area contributed by atoms with E-state index in [2.05, 4.69) is 15.3 Å². The molecule has 6 nitrogen and oxygen atoms in total. The quantitative estimate of drug-likeness (QED) is 0.670. The van der Waals surface area contributed by atoms with E-state index < -0.39 is 5.97 Å². The van der Waals surface area contributed by atoms with Crippen LogP contribution in [-0.2, 0) is 11.2 Å². The van der Waals surface area contributed by atoms with Gasteiger partial charge in [-0.15, -0.1) is 0 Å². The molecule has 7 heteroatoms. The summed E-state index contributed by atoms with van der Waals surface area (Å²) in [6.07, 6.45) is 2.82. The number of hydrogen-bond donors (Lipinski definition) is 3. The van der Waals surface area contributed by atoms with Crippen molar-refractivity contribution in [3.8, 4) is 0 Å². The number of nitrogens with one attached hydrogen (secondary N) is 2. The number of nitrogens with zero attached hydrogens (tertiary/aromatic N) is 1. The van der Waals surface area contributed by atoms with E-state index in [0.29, 0.717) is 23.7 Å². The van der Waals surface area contributed by atoms with Crippen LogP contribution in [-0.4, -0.2) is 27.0 Å². The Hall–Kier alpha value is -2.67. The van der Waals surface area contributed by atoms with Crippen LogP contribution in [0.1, 0.15) is 27.3 Å². The molecule has 0 saturated heterocycles. The van der Waals surface area contributed by atoms with Crippen molar-refractivity contribution in [1.29, 1.82) is 0 Å². The molecule has 0 unspecified atom stereocenters. The lowest BCUT2D eigenvalue weighted by Crippen LogP contribution is -2.12. The molecule has 0 saturated carbocycles. The van der Waals surface area contributed by atoms with Gasteiger partial charge in [-0.1, -0.05) is 29.5 Å². The first-order valence-corrected chi connectivity index (χ1v) is 7.92. The van der Waals surface area contributed by atoms with Crippen molar-refractivity contribution >= 4 is 39.2 Å². The van der Waals surface area contributed by atoms with Crippen LogP contribution >= 0.6 is 11.3 Å². The van der Waals surface area contributed by atoms with Crippen molar-refractivity contribution in [1.82, 2.24) is 9.97 Å². The van der Waals surface area contributed by atoms with Gasteiger partial charge in [-0.3, -0.25) is 4.79 Å². The molecule has 3 rings (SSSR count). The van der Waals surface area contributed by atoms with E-state index in [1.807, 2.05) is 30.5 Å². The third-order valence-electron chi connectivity index (χ3n) is 3.53. The summed E-state index contributed by atoms with van der Waals surface area (Å²) in [6.45, 7) is 1.61. The Morgan fingerprint density at radius 1 is 1.35 bits per heavy atom. The minimum Gasteiger partial charge on any atom is -0.477 e. The summed E-state index contributed by atoms with van der Waals surface area (Å²) < 4.78 is 0. The van der Waals surface area contributed by atoms with E-state index in [1.54, 1.807) is 6.92 Å². The smallest absolute Gasteiger partial charge is 0.347 e. The molecule has 0 spiro atoms. The number of benzene rings is 1. The number of aromatic carboxylic acids is 1. The summed E-state index contributed by atoms with van der Waals surface area (Å²) in [4.78, 5) is 30.4. The van der Waals surface area contributed by atoms with Gasteiger partial charge in [-0.2, -0.15) is 0 Å². The van der Waals surface area contributed by atoms with Crippen LogP contribution in [0.2, 0.25) is 0 Å². The summed E-state index contributed by atoms with van der Waals surface area (Å²) >= 11 is 0.973. The Morgan fingerprint density at radius 2 is 2.13 bits per heavy atom. The maximum absolute atomic E-state index is 12.0. The van der Waals surface area contributed by atoms with E-state index in [4.69, 9.17) is 5.11 Å². The molecule has 0 bridgehead atoms. The molecule has 2 aromatic heterocycles. The Kier molecular flexibility index (Phi) is 4.12. The van der Waals surface area contributed by atoms with Crippen molar-refractivity contribution < 1.29 is 14.7 Å². The summed E-state index contributed by atoms with van der Waals surface area (Å²) in [5, 5.41) is 13.1. The first-order chi connectivity index (χ1) is 11.0. The maximum atomic E-state index is 12.0. The van der Waals surface area contributed by atoms with Crippen LogP contribution in [0.15, 0.2) is 30.5 Å². The molecule has 23 heavy (non-hydrogen) atoms. The molecule has 0 aliphatic rings. The van der Waals surface area contributed by atoms with Gasteiger partial charge in [-0.05, 0) is 25.0 Å². The van der Waals surface area contributed by atoms with Crippen molar-refractivity contribution in [2.45, 2.75) is 19.8 Å². The van der Waals surface area contributed by atoms with Gasteiger partial charge in [0.2, 0.25) is 5.91 Å². The second-order valence-corrected chi connectivity index (χ2v) is 6.15. The number of anilines is 1. The Morgan fingerprint density at radius 3 is 2.87 bits per heavy atom. The molecule has 3 N–H and O–H groups in total. The minimum absolute atomic E-state index is 0.150. The zero-order chi connectivity index (χ0) is 16.4.